The molecule has 1 saturated carbocycles. The first kappa shape index (κ1) is 9.40. The lowest BCUT2D eigenvalue weighted by molar-refractivity contribution is 0.289. The fourth-order valence-corrected chi connectivity index (χ4v) is 1.29. The highest BCUT2D eigenvalue weighted by Gasteiger charge is 2.20. The van der Waals surface area contributed by atoms with E-state index in [-0.39, 0.29) is 0 Å². The predicted molar refractivity (Wildman–Crippen MR) is 52.8 cm³/mol. The number of ether oxygens (including phenoxy) is 1. The molecule has 0 atom stereocenters. The minimum absolute atomic E-state index is 0.410. The lowest BCUT2D eigenvalue weighted by atomic mass is 10.3. The van der Waals surface area contributed by atoms with Crippen LogP contribution in [0.4, 0.5) is 0 Å². The zero-order chi connectivity index (χ0) is 9.80. The van der Waals surface area contributed by atoms with Gasteiger partial charge in [-0.15, -0.1) is 0 Å². The van der Waals surface area contributed by atoms with Crippen LogP contribution in [-0.2, 0) is 6.54 Å². The Hall–Kier alpha value is -1.16. The molecule has 0 saturated heterocycles. The molecule has 0 amide bonds. The standard InChI is InChI=1S/C10H15N3O/c11-5-9-6-12-7-10(13-9)14-4-3-8-1-2-8/h6-8H,1-5,11H2. The molecule has 14 heavy (non-hydrogen) atoms. The molecule has 0 bridgehead atoms. The summed E-state index contributed by atoms with van der Waals surface area (Å²) in [7, 11) is 0. The topological polar surface area (TPSA) is 61.0 Å². The highest BCUT2D eigenvalue weighted by molar-refractivity contribution is 5.07. The molecule has 1 aromatic rings. The zero-order valence-electron chi connectivity index (χ0n) is 8.15. The smallest absolute Gasteiger partial charge is 0.232 e. The van der Waals surface area contributed by atoms with Gasteiger partial charge in [0.1, 0.15) is 0 Å². The van der Waals surface area contributed by atoms with Gasteiger partial charge < -0.3 is 10.5 Å². The van der Waals surface area contributed by atoms with Crippen LogP contribution >= 0.6 is 0 Å². The number of nitrogens with zero attached hydrogens (tertiary/aromatic N) is 2. The van der Waals surface area contributed by atoms with E-state index < -0.39 is 0 Å². The van der Waals surface area contributed by atoms with Crippen LogP contribution in [0, 0.1) is 5.92 Å². The van der Waals surface area contributed by atoms with Gasteiger partial charge in [-0.2, -0.15) is 0 Å². The first-order valence-electron chi connectivity index (χ1n) is 5.02. The zero-order valence-corrected chi connectivity index (χ0v) is 8.15. The molecule has 1 aliphatic rings. The van der Waals surface area contributed by atoms with E-state index in [4.69, 9.17) is 10.5 Å². The number of rotatable bonds is 5. The van der Waals surface area contributed by atoms with Crippen molar-refractivity contribution in [2.75, 3.05) is 6.61 Å². The van der Waals surface area contributed by atoms with Gasteiger partial charge in [-0.05, 0) is 12.3 Å². The molecule has 1 aliphatic carbocycles. The van der Waals surface area contributed by atoms with Crippen molar-refractivity contribution < 1.29 is 4.74 Å². The average molecular weight is 193 g/mol. The summed E-state index contributed by atoms with van der Waals surface area (Å²) in [6.07, 6.45) is 7.14. The van der Waals surface area contributed by atoms with Gasteiger partial charge in [0.05, 0.1) is 18.5 Å². The quantitative estimate of drug-likeness (QED) is 0.761. The van der Waals surface area contributed by atoms with E-state index >= 15 is 0 Å². The molecule has 2 rings (SSSR count). The summed E-state index contributed by atoms with van der Waals surface area (Å²) in [5.41, 5.74) is 6.22. The third-order valence-electron chi connectivity index (χ3n) is 2.34. The van der Waals surface area contributed by atoms with Crippen molar-refractivity contribution in [3.8, 4) is 5.88 Å². The molecule has 0 spiro atoms. The number of hydrogen-bond acceptors (Lipinski definition) is 4. The lowest BCUT2D eigenvalue weighted by Crippen LogP contribution is -2.04. The Morgan fingerprint density at radius 3 is 3.00 bits per heavy atom. The molecule has 4 heteroatoms. The summed E-state index contributed by atoms with van der Waals surface area (Å²) in [6, 6.07) is 0. The van der Waals surface area contributed by atoms with Crippen LogP contribution in [0.3, 0.4) is 0 Å². The molecule has 0 aromatic carbocycles. The van der Waals surface area contributed by atoms with Crippen molar-refractivity contribution in [2.45, 2.75) is 25.8 Å². The van der Waals surface area contributed by atoms with Crippen LogP contribution in [0.25, 0.3) is 0 Å². The van der Waals surface area contributed by atoms with Crippen LogP contribution in [0.15, 0.2) is 12.4 Å². The molecular weight excluding hydrogens is 178 g/mol. The van der Waals surface area contributed by atoms with Crippen LogP contribution < -0.4 is 10.5 Å². The van der Waals surface area contributed by atoms with Crippen LogP contribution in [0.1, 0.15) is 25.0 Å². The first-order chi connectivity index (χ1) is 6.88. The number of nitrogens with two attached hydrogens (primary N) is 1. The van der Waals surface area contributed by atoms with Crippen LogP contribution in [0.2, 0.25) is 0 Å². The Morgan fingerprint density at radius 1 is 1.43 bits per heavy atom. The largest absolute Gasteiger partial charge is 0.477 e. The molecule has 0 unspecified atom stereocenters. The summed E-state index contributed by atoms with van der Waals surface area (Å²) >= 11 is 0. The highest BCUT2D eigenvalue weighted by Crippen LogP contribution is 2.32. The van der Waals surface area contributed by atoms with Crippen molar-refractivity contribution in [1.82, 2.24) is 9.97 Å². The monoisotopic (exact) mass is 193 g/mol. The average Bonchev–Trinajstić information content (AvgIpc) is 3.02. The van der Waals surface area contributed by atoms with Crippen molar-refractivity contribution in [1.29, 1.82) is 0 Å². The molecule has 4 nitrogen and oxygen atoms in total. The Balaban J connectivity index is 1.81. The molecule has 76 valence electrons. The minimum Gasteiger partial charge on any atom is -0.477 e. The number of hydrogen-bond donors (Lipinski definition) is 1. The Bertz CT molecular complexity index is 299. The third-order valence-corrected chi connectivity index (χ3v) is 2.34. The van der Waals surface area contributed by atoms with Gasteiger partial charge in [-0.1, -0.05) is 12.8 Å². The lowest BCUT2D eigenvalue weighted by Gasteiger charge is -2.04. The van der Waals surface area contributed by atoms with Crippen molar-refractivity contribution in [3.05, 3.63) is 18.1 Å². The summed E-state index contributed by atoms with van der Waals surface area (Å²) in [5, 5.41) is 0. The van der Waals surface area contributed by atoms with Crippen molar-refractivity contribution in [3.63, 3.8) is 0 Å². The van der Waals surface area contributed by atoms with E-state index in [0.29, 0.717) is 12.4 Å². The molecule has 1 heterocycles. The second-order valence-corrected chi connectivity index (χ2v) is 3.63. The van der Waals surface area contributed by atoms with E-state index in [9.17, 15) is 0 Å². The summed E-state index contributed by atoms with van der Waals surface area (Å²) in [4.78, 5) is 8.20. The van der Waals surface area contributed by atoms with Crippen molar-refractivity contribution in [2.24, 2.45) is 11.7 Å². The predicted octanol–water partition coefficient (Wildman–Crippen LogP) is 1.11. The molecule has 0 aliphatic heterocycles. The van der Waals surface area contributed by atoms with Gasteiger partial charge in [0.15, 0.2) is 0 Å². The SMILES string of the molecule is NCc1cncc(OCCC2CC2)n1. The van der Waals surface area contributed by atoms with Gasteiger partial charge in [0.2, 0.25) is 5.88 Å². The van der Waals surface area contributed by atoms with Crippen molar-refractivity contribution >= 4 is 0 Å². The normalized spacial score (nSPS) is 15.5. The van der Waals surface area contributed by atoms with E-state index in [1.807, 2.05) is 0 Å². The second-order valence-electron chi connectivity index (χ2n) is 3.63. The summed E-state index contributed by atoms with van der Waals surface area (Å²) in [6.45, 7) is 1.15. The molecule has 1 aromatic heterocycles. The fourth-order valence-electron chi connectivity index (χ4n) is 1.29. The Kier molecular flexibility index (Phi) is 2.93. The summed E-state index contributed by atoms with van der Waals surface area (Å²) < 4.78 is 5.47. The van der Waals surface area contributed by atoms with E-state index in [2.05, 4.69) is 9.97 Å². The maximum Gasteiger partial charge on any atom is 0.232 e. The maximum atomic E-state index is 5.47. The third kappa shape index (κ3) is 2.67. The van der Waals surface area contributed by atoms with Gasteiger partial charge in [-0.3, -0.25) is 4.98 Å². The van der Waals surface area contributed by atoms with E-state index in [1.54, 1.807) is 12.4 Å². The van der Waals surface area contributed by atoms with Gasteiger partial charge >= 0.3 is 0 Å². The Labute approximate surface area is 83.5 Å². The van der Waals surface area contributed by atoms with Crippen LogP contribution in [0.5, 0.6) is 5.88 Å². The molecule has 0 radical (unpaired) electrons. The van der Waals surface area contributed by atoms with Gasteiger partial charge in [-0.25, -0.2) is 4.98 Å². The van der Waals surface area contributed by atoms with E-state index in [0.717, 1.165) is 24.6 Å². The first-order valence-corrected chi connectivity index (χ1v) is 5.02. The van der Waals surface area contributed by atoms with Crippen LogP contribution in [-0.4, -0.2) is 16.6 Å². The maximum absolute atomic E-state index is 5.47. The number of aromatic nitrogens is 2. The molecule has 2 N–H and O–H groups in total. The second kappa shape index (κ2) is 4.37. The molecule has 1 fully saturated rings. The van der Waals surface area contributed by atoms with E-state index in [1.165, 1.54) is 12.8 Å². The summed E-state index contributed by atoms with van der Waals surface area (Å²) in [5.74, 6) is 1.48. The van der Waals surface area contributed by atoms with Gasteiger partial charge in [0, 0.05) is 12.7 Å². The minimum atomic E-state index is 0.410. The van der Waals surface area contributed by atoms with Gasteiger partial charge in [0.25, 0.3) is 0 Å². The Morgan fingerprint density at radius 2 is 2.29 bits per heavy atom. The fraction of sp³-hybridized carbons (Fsp3) is 0.600. The molecular formula is C10H15N3O. The highest BCUT2D eigenvalue weighted by atomic mass is 16.5.